The fourth-order valence-electron chi connectivity index (χ4n) is 2.89. The lowest BCUT2D eigenvalue weighted by Crippen LogP contribution is -2.43. The Kier molecular flexibility index (Phi) is 5.22. The molecule has 1 unspecified atom stereocenters. The Morgan fingerprint density at radius 3 is 2.62 bits per heavy atom. The summed E-state index contributed by atoms with van der Waals surface area (Å²) in [6.07, 6.45) is 2.04. The van der Waals surface area contributed by atoms with Crippen molar-refractivity contribution in [3.05, 3.63) is 66.4 Å². The van der Waals surface area contributed by atoms with Crippen molar-refractivity contribution in [1.29, 1.82) is 0 Å². The second-order valence-electron chi connectivity index (χ2n) is 6.02. The fourth-order valence-corrected chi connectivity index (χ4v) is 2.89. The first-order valence-corrected chi connectivity index (χ1v) is 8.26. The van der Waals surface area contributed by atoms with Crippen LogP contribution in [0.5, 0.6) is 5.75 Å². The first-order chi connectivity index (χ1) is 12.6. The molecule has 0 fully saturated rings. The Hall–Kier alpha value is -3.28. The largest absolute Gasteiger partial charge is 0.497 e. The highest BCUT2D eigenvalue weighted by Crippen LogP contribution is 2.21. The van der Waals surface area contributed by atoms with Gasteiger partial charge in [0.1, 0.15) is 18.3 Å². The molecule has 0 bridgehead atoms. The van der Waals surface area contributed by atoms with Crippen molar-refractivity contribution in [3.8, 4) is 5.75 Å². The minimum atomic E-state index is -1.05. The highest BCUT2D eigenvalue weighted by Gasteiger charge is 2.20. The van der Waals surface area contributed by atoms with Crippen molar-refractivity contribution >= 4 is 22.8 Å². The SMILES string of the molecule is COc1ccc2c(ccn2CC(=O)NC(Cc2ccccc2)C(=O)O)c1. The van der Waals surface area contributed by atoms with Gasteiger partial charge in [0.2, 0.25) is 5.91 Å². The number of rotatable bonds is 7. The monoisotopic (exact) mass is 352 g/mol. The number of aromatic nitrogens is 1. The molecule has 0 aliphatic carbocycles. The first-order valence-electron chi connectivity index (χ1n) is 8.26. The van der Waals surface area contributed by atoms with Gasteiger partial charge in [-0.05, 0) is 29.8 Å². The molecule has 1 atom stereocenters. The zero-order valence-electron chi connectivity index (χ0n) is 14.4. The molecule has 0 saturated heterocycles. The number of ether oxygens (including phenoxy) is 1. The number of carbonyl (C=O) groups excluding carboxylic acids is 1. The van der Waals surface area contributed by atoms with Gasteiger partial charge in [-0.15, -0.1) is 0 Å². The molecule has 6 nitrogen and oxygen atoms in total. The van der Waals surface area contributed by atoms with E-state index in [0.29, 0.717) is 0 Å². The lowest BCUT2D eigenvalue weighted by Gasteiger charge is -2.15. The Labute approximate surface area is 151 Å². The van der Waals surface area contributed by atoms with Crippen molar-refractivity contribution in [2.45, 2.75) is 19.0 Å². The number of fused-ring (bicyclic) bond motifs is 1. The topological polar surface area (TPSA) is 80.6 Å². The van der Waals surface area contributed by atoms with Gasteiger partial charge in [-0.2, -0.15) is 0 Å². The van der Waals surface area contributed by atoms with E-state index in [1.165, 1.54) is 0 Å². The van der Waals surface area contributed by atoms with Gasteiger partial charge in [-0.1, -0.05) is 30.3 Å². The zero-order valence-corrected chi connectivity index (χ0v) is 14.4. The highest BCUT2D eigenvalue weighted by atomic mass is 16.5. The summed E-state index contributed by atoms with van der Waals surface area (Å²) < 4.78 is 6.98. The molecule has 1 heterocycles. The van der Waals surface area contributed by atoms with Crippen LogP contribution in [0.3, 0.4) is 0 Å². The van der Waals surface area contributed by atoms with E-state index in [4.69, 9.17) is 4.74 Å². The predicted molar refractivity (Wildman–Crippen MR) is 98.2 cm³/mol. The van der Waals surface area contributed by atoms with Gasteiger partial charge < -0.3 is 19.7 Å². The van der Waals surface area contributed by atoms with Crippen LogP contribution in [0.25, 0.3) is 10.9 Å². The summed E-state index contributed by atoms with van der Waals surface area (Å²) >= 11 is 0. The number of benzene rings is 2. The number of aliphatic carboxylic acids is 1. The quantitative estimate of drug-likeness (QED) is 0.684. The second kappa shape index (κ2) is 7.74. The summed E-state index contributed by atoms with van der Waals surface area (Å²) in [5.41, 5.74) is 1.74. The Bertz CT molecular complexity index is 918. The molecule has 3 rings (SSSR count). The molecule has 134 valence electrons. The van der Waals surface area contributed by atoms with Crippen molar-refractivity contribution in [2.24, 2.45) is 0 Å². The summed E-state index contributed by atoms with van der Waals surface area (Å²) in [5.74, 6) is -0.653. The van der Waals surface area contributed by atoms with Crippen LogP contribution in [0.1, 0.15) is 5.56 Å². The summed E-state index contributed by atoms with van der Waals surface area (Å²) in [6.45, 7) is 0.0500. The van der Waals surface area contributed by atoms with Crippen molar-refractivity contribution in [2.75, 3.05) is 7.11 Å². The van der Waals surface area contributed by atoms with Gasteiger partial charge in [0.15, 0.2) is 0 Å². The van der Waals surface area contributed by atoms with Gasteiger partial charge in [0, 0.05) is 23.5 Å². The van der Waals surface area contributed by atoms with Crippen LogP contribution in [0, 0.1) is 0 Å². The number of hydrogen-bond donors (Lipinski definition) is 2. The van der Waals surface area contributed by atoms with E-state index in [0.717, 1.165) is 22.2 Å². The molecule has 0 spiro atoms. The molecule has 0 radical (unpaired) electrons. The van der Waals surface area contributed by atoms with Crippen LogP contribution in [0.15, 0.2) is 60.8 Å². The average Bonchev–Trinajstić information content (AvgIpc) is 3.03. The van der Waals surface area contributed by atoms with Gasteiger partial charge >= 0.3 is 5.97 Å². The van der Waals surface area contributed by atoms with Crippen LogP contribution in [0.2, 0.25) is 0 Å². The van der Waals surface area contributed by atoms with E-state index in [1.807, 2.05) is 54.6 Å². The molecule has 0 saturated carbocycles. The molecule has 0 aliphatic rings. The fraction of sp³-hybridized carbons (Fsp3) is 0.200. The Morgan fingerprint density at radius 2 is 1.92 bits per heavy atom. The lowest BCUT2D eigenvalue weighted by atomic mass is 10.1. The maximum absolute atomic E-state index is 12.4. The summed E-state index contributed by atoms with van der Waals surface area (Å²) in [6, 6.07) is 15.8. The predicted octanol–water partition coefficient (Wildman–Crippen LogP) is 2.46. The number of methoxy groups -OCH3 is 1. The third-order valence-electron chi connectivity index (χ3n) is 4.21. The molecular formula is C20H20N2O4. The van der Waals surface area contributed by atoms with Gasteiger partial charge in [0.25, 0.3) is 0 Å². The lowest BCUT2D eigenvalue weighted by molar-refractivity contribution is -0.141. The van der Waals surface area contributed by atoms with Crippen LogP contribution in [-0.4, -0.2) is 34.7 Å². The Balaban J connectivity index is 1.69. The number of hydrogen-bond acceptors (Lipinski definition) is 3. The van der Waals surface area contributed by atoms with E-state index in [1.54, 1.807) is 17.9 Å². The summed E-state index contributed by atoms with van der Waals surface area (Å²) in [7, 11) is 1.60. The smallest absolute Gasteiger partial charge is 0.326 e. The molecular weight excluding hydrogens is 332 g/mol. The van der Waals surface area contributed by atoms with E-state index < -0.39 is 12.0 Å². The Morgan fingerprint density at radius 1 is 1.15 bits per heavy atom. The normalized spacial score (nSPS) is 11.9. The van der Waals surface area contributed by atoms with Gasteiger partial charge in [0.05, 0.1) is 7.11 Å². The highest BCUT2D eigenvalue weighted by molar-refractivity contribution is 5.86. The molecule has 2 aromatic carbocycles. The molecule has 1 amide bonds. The maximum Gasteiger partial charge on any atom is 0.326 e. The number of nitrogens with zero attached hydrogens (tertiary/aromatic N) is 1. The van der Waals surface area contributed by atoms with E-state index in [-0.39, 0.29) is 18.9 Å². The molecule has 2 N–H and O–H groups in total. The van der Waals surface area contributed by atoms with Gasteiger partial charge in [-0.3, -0.25) is 4.79 Å². The maximum atomic E-state index is 12.4. The van der Waals surface area contributed by atoms with Crippen LogP contribution in [-0.2, 0) is 22.6 Å². The summed E-state index contributed by atoms with van der Waals surface area (Å²) in [4.78, 5) is 23.9. The van der Waals surface area contributed by atoms with E-state index in [9.17, 15) is 14.7 Å². The third kappa shape index (κ3) is 4.03. The second-order valence-corrected chi connectivity index (χ2v) is 6.02. The molecule has 6 heteroatoms. The van der Waals surface area contributed by atoms with Crippen molar-refractivity contribution in [1.82, 2.24) is 9.88 Å². The number of carboxylic acid groups (broad SMARTS) is 1. The molecule has 26 heavy (non-hydrogen) atoms. The van der Waals surface area contributed by atoms with E-state index >= 15 is 0 Å². The number of amides is 1. The minimum absolute atomic E-state index is 0.0500. The standard InChI is InChI=1S/C20H20N2O4/c1-26-16-7-8-18-15(12-16)9-10-22(18)13-19(23)21-17(20(24)25)11-14-5-3-2-4-6-14/h2-10,12,17H,11,13H2,1H3,(H,21,23)(H,24,25). The molecule has 1 aromatic heterocycles. The van der Waals surface area contributed by atoms with Crippen LogP contribution in [0.4, 0.5) is 0 Å². The zero-order chi connectivity index (χ0) is 18.5. The molecule has 3 aromatic rings. The van der Waals surface area contributed by atoms with Crippen molar-refractivity contribution in [3.63, 3.8) is 0 Å². The first kappa shape index (κ1) is 17.5. The number of nitrogens with one attached hydrogen (secondary N) is 1. The minimum Gasteiger partial charge on any atom is -0.497 e. The summed E-state index contributed by atoms with van der Waals surface area (Å²) in [5, 5.41) is 13.0. The van der Waals surface area contributed by atoms with Crippen LogP contribution < -0.4 is 10.1 Å². The van der Waals surface area contributed by atoms with E-state index in [2.05, 4.69) is 5.32 Å². The van der Waals surface area contributed by atoms with Gasteiger partial charge in [-0.25, -0.2) is 4.79 Å². The van der Waals surface area contributed by atoms with Crippen LogP contribution >= 0.6 is 0 Å². The average molecular weight is 352 g/mol. The third-order valence-corrected chi connectivity index (χ3v) is 4.21. The number of carboxylic acids is 1. The van der Waals surface area contributed by atoms with Crippen molar-refractivity contribution < 1.29 is 19.4 Å². The number of carbonyl (C=O) groups is 2. The molecule has 0 aliphatic heterocycles.